The summed E-state index contributed by atoms with van der Waals surface area (Å²) in [6.45, 7) is 4.06. The maximum absolute atomic E-state index is 13.0. The van der Waals surface area contributed by atoms with E-state index in [1.807, 2.05) is 31.2 Å². The first-order valence-electron chi connectivity index (χ1n) is 8.32. The zero-order valence-corrected chi connectivity index (χ0v) is 16.6. The lowest BCUT2D eigenvalue weighted by atomic mass is 10.1. The molecule has 0 saturated carbocycles. The number of hydrogen-bond donors (Lipinski definition) is 1. The van der Waals surface area contributed by atoms with E-state index in [0.717, 1.165) is 11.1 Å². The first-order chi connectivity index (χ1) is 12.3. The Kier molecular flexibility index (Phi) is 7.06. The molecule has 0 bridgehead atoms. The summed E-state index contributed by atoms with van der Waals surface area (Å²) >= 11 is 12.1. The fraction of sp³-hybridized carbons (Fsp3) is 0.300. The van der Waals surface area contributed by atoms with E-state index in [-0.39, 0.29) is 18.2 Å². The summed E-state index contributed by atoms with van der Waals surface area (Å²) in [6, 6.07) is 12.3. The van der Waals surface area contributed by atoms with E-state index in [1.165, 1.54) is 0 Å². The highest BCUT2D eigenvalue weighted by molar-refractivity contribution is 6.35. The summed E-state index contributed by atoms with van der Waals surface area (Å²) in [5.74, 6) is -0.389. The number of nitrogens with zero attached hydrogens (tertiary/aromatic N) is 1. The molecule has 2 aromatic rings. The number of halogens is 2. The van der Waals surface area contributed by atoms with Crippen molar-refractivity contribution in [2.75, 3.05) is 7.05 Å². The van der Waals surface area contributed by atoms with Crippen LogP contribution in [0.3, 0.4) is 0 Å². The van der Waals surface area contributed by atoms with Crippen molar-refractivity contribution in [3.63, 3.8) is 0 Å². The molecule has 6 heteroatoms. The molecule has 0 saturated heterocycles. The summed E-state index contributed by atoms with van der Waals surface area (Å²) in [5, 5.41) is 3.56. The van der Waals surface area contributed by atoms with Crippen molar-refractivity contribution in [2.45, 2.75) is 32.9 Å². The maximum atomic E-state index is 13.0. The van der Waals surface area contributed by atoms with Crippen molar-refractivity contribution in [1.82, 2.24) is 10.2 Å². The van der Waals surface area contributed by atoms with Gasteiger partial charge in [0, 0.05) is 23.6 Å². The van der Waals surface area contributed by atoms with Crippen molar-refractivity contribution < 1.29 is 9.59 Å². The van der Waals surface area contributed by atoms with E-state index in [1.54, 1.807) is 37.1 Å². The number of likely N-dealkylation sites (N-methyl/N-ethyl adjacent to an activating group) is 1. The molecule has 0 aliphatic rings. The summed E-state index contributed by atoms with van der Waals surface area (Å²) in [7, 11) is 1.56. The largest absolute Gasteiger partial charge is 0.357 e. The molecule has 0 fully saturated rings. The van der Waals surface area contributed by atoms with Gasteiger partial charge in [-0.05, 0) is 37.1 Å². The number of carbonyl (C=O) groups is 2. The first-order valence-corrected chi connectivity index (χ1v) is 9.08. The van der Waals surface area contributed by atoms with Crippen molar-refractivity contribution in [3.05, 3.63) is 69.2 Å². The molecule has 0 aromatic heterocycles. The minimum atomic E-state index is -0.598. The molecule has 1 atom stereocenters. The average molecular weight is 393 g/mol. The number of amides is 2. The molecule has 4 nitrogen and oxygen atoms in total. The Morgan fingerprint density at radius 1 is 1.15 bits per heavy atom. The van der Waals surface area contributed by atoms with Gasteiger partial charge in [-0.15, -0.1) is 0 Å². The topological polar surface area (TPSA) is 49.4 Å². The lowest BCUT2D eigenvalue weighted by Crippen LogP contribution is -2.47. The minimum Gasteiger partial charge on any atom is -0.357 e. The second-order valence-corrected chi connectivity index (χ2v) is 7.06. The lowest BCUT2D eigenvalue weighted by molar-refractivity contribution is -0.139. The van der Waals surface area contributed by atoms with Gasteiger partial charge in [0.2, 0.25) is 11.8 Å². The Morgan fingerprint density at radius 3 is 2.50 bits per heavy atom. The predicted octanol–water partition coefficient (Wildman–Crippen LogP) is 4.01. The number of hydrogen-bond acceptors (Lipinski definition) is 2. The van der Waals surface area contributed by atoms with Crippen LogP contribution < -0.4 is 5.32 Å². The van der Waals surface area contributed by atoms with Gasteiger partial charge < -0.3 is 10.2 Å². The zero-order chi connectivity index (χ0) is 19.3. The highest BCUT2D eigenvalue weighted by Gasteiger charge is 2.26. The number of carbonyl (C=O) groups excluding carboxylic acids is 2. The summed E-state index contributed by atoms with van der Waals surface area (Å²) in [5.41, 5.74) is 2.75. The van der Waals surface area contributed by atoms with Crippen LogP contribution in [0.2, 0.25) is 10.0 Å². The third kappa shape index (κ3) is 5.23. The molecule has 0 radical (unpaired) electrons. The van der Waals surface area contributed by atoms with E-state index in [2.05, 4.69) is 5.32 Å². The quantitative estimate of drug-likeness (QED) is 0.806. The van der Waals surface area contributed by atoms with Crippen LogP contribution in [0.25, 0.3) is 0 Å². The lowest BCUT2D eigenvalue weighted by Gasteiger charge is -2.28. The molecule has 1 N–H and O–H groups in total. The van der Waals surface area contributed by atoms with Gasteiger partial charge in [-0.1, -0.05) is 59.1 Å². The normalized spacial score (nSPS) is 11.7. The molecular weight excluding hydrogens is 371 g/mol. The van der Waals surface area contributed by atoms with Gasteiger partial charge in [-0.2, -0.15) is 0 Å². The van der Waals surface area contributed by atoms with Crippen LogP contribution in [0.15, 0.2) is 42.5 Å². The molecule has 0 heterocycles. The van der Waals surface area contributed by atoms with Crippen LogP contribution in [-0.4, -0.2) is 29.8 Å². The summed E-state index contributed by atoms with van der Waals surface area (Å²) in [6.07, 6.45) is 0.100. The fourth-order valence-electron chi connectivity index (χ4n) is 2.73. The van der Waals surface area contributed by atoms with E-state index >= 15 is 0 Å². The van der Waals surface area contributed by atoms with E-state index in [9.17, 15) is 9.59 Å². The molecule has 0 aliphatic heterocycles. The molecule has 2 amide bonds. The summed E-state index contributed by atoms with van der Waals surface area (Å²) in [4.78, 5) is 26.7. The molecular formula is C20H22Cl2N2O2. The van der Waals surface area contributed by atoms with Crippen LogP contribution in [0.5, 0.6) is 0 Å². The van der Waals surface area contributed by atoms with Gasteiger partial charge in [-0.3, -0.25) is 9.59 Å². The number of aryl methyl sites for hydroxylation is 1. The Bertz CT molecular complexity index is 808. The van der Waals surface area contributed by atoms with Gasteiger partial charge in [0.1, 0.15) is 6.04 Å². The van der Waals surface area contributed by atoms with Crippen LogP contribution in [0.1, 0.15) is 23.6 Å². The Morgan fingerprint density at radius 2 is 1.88 bits per heavy atom. The van der Waals surface area contributed by atoms with Gasteiger partial charge in [0.25, 0.3) is 0 Å². The third-order valence-corrected chi connectivity index (χ3v) is 4.79. The number of nitrogens with one attached hydrogen (secondary N) is 1. The Balaban J connectivity index is 2.26. The first kappa shape index (κ1) is 20.3. The highest BCUT2D eigenvalue weighted by Crippen LogP contribution is 2.22. The smallest absolute Gasteiger partial charge is 0.242 e. The van der Waals surface area contributed by atoms with Gasteiger partial charge in [0.05, 0.1) is 6.42 Å². The van der Waals surface area contributed by atoms with Crippen LogP contribution in [0, 0.1) is 6.92 Å². The Labute approximate surface area is 164 Å². The highest BCUT2D eigenvalue weighted by atomic mass is 35.5. The number of rotatable bonds is 6. The van der Waals surface area contributed by atoms with Crippen molar-refractivity contribution >= 4 is 35.0 Å². The number of benzene rings is 2. The minimum absolute atomic E-state index is 0.100. The predicted molar refractivity (Wildman–Crippen MR) is 105 cm³/mol. The van der Waals surface area contributed by atoms with Gasteiger partial charge in [0.15, 0.2) is 0 Å². The van der Waals surface area contributed by atoms with E-state index < -0.39 is 6.04 Å². The zero-order valence-electron chi connectivity index (χ0n) is 15.1. The van der Waals surface area contributed by atoms with Gasteiger partial charge >= 0.3 is 0 Å². The molecule has 0 aliphatic carbocycles. The second-order valence-electron chi connectivity index (χ2n) is 6.21. The molecule has 2 aromatic carbocycles. The fourth-order valence-corrected chi connectivity index (χ4v) is 3.20. The molecule has 2 rings (SSSR count). The van der Waals surface area contributed by atoms with Gasteiger partial charge in [-0.25, -0.2) is 0 Å². The SMILES string of the molecule is CNC(=O)[C@@H](C)N(Cc1cccc(C)c1)C(=O)Cc1ccc(Cl)cc1Cl. The van der Waals surface area contributed by atoms with Crippen LogP contribution in [0.4, 0.5) is 0 Å². The van der Waals surface area contributed by atoms with Crippen LogP contribution >= 0.6 is 23.2 Å². The molecule has 138 valence electrons. The molecule has 26 heavy (non-hydrogen) atoms. The van der Waals surface area contributed by atoms with Crippen molar-refractivity contribution in [3.8, 4) is 0 Å². The average Bonchev–Trinajstić information content (AvgIpc) is 2.60. The second kappa shape index (κ2) is 9.06. The van der Waals surface area contributed by atoms with Crippen molar-refractivity contribution in [2.24, 2.45) is 0 Å². The maximum Gasteiger partial charge on any atom is 0.242 e. The van der Waals surface area contributed by atoms with E-state index in [0.29, 0.717) is 22.2 Å². The van der Waals surface area contributed by atoms with Crippen LogP contribution in [-0.2, 0) is 22.6 Å². The molecule has 0 spiro atoms. The standard InChI is InChI=1S/C20H22Cl2N2O2/c1-13-5-4-6-15(9-13)12-24(14(2)20(26)23-3)19(25)10-16-7-8-17(21)11-18(16)22/h4-9,11,14H,10,12H2,1-3H3,(H,23,26)/t14-/m1/s1. The van der Waals surface area contributed by atoms with Crippen molar-refractivity contribution in [1.29, 1.82) is 0 Å². The molecule has 0 unspecified atom stereocenters. The summed E-state index contributed by atoms with van der Waals surface area (Å²) < 4.78 is 0. The monoisotopic (exact) mass is 392 g/mol. The third-order valence-electron chi connectivity index (χ3n) is 4.21. The van der Waals surface area contributed by atoms with E-state index in [4.69, 9.17) is 23.2 Å². The Hall–Kier alpha value is -2.04.